The van der Waals surface area contributed by atoms with Gasteiger partial charge in [-0.25, -0.2) is 0 Å². The van der Waals surface area contributed by atoms with Crippen molar-refractivity contribution in [3.05, 3.63) is 29.3 Å². The number of rotatable bonds is 6. The van der Waals surface area contributed by atoms with E-state index in [4.69, 9.17) is 9.84 Å². The monoisotopic (exact) mass is 290 g/mol. The number of hydrogen-bond acceptors (Lipinski definition) is 2. The highest BCUT2D eigenvalue weighted by Crippen LogP contribution is 2.37. The predicted molar refractivity (Wildman–Crippen MR) is 67.9 cm³/mol. The van der Waals surface area contributed by atoms with E-state index in [1.54, 1.807) is 13.8 Å². The average molecular weight is 290 g/mol. The van der Waals surface area contributed by atoms with Crippen LogP contribution in [0.2, 0.25) is 0 Å². The maximum atomic E-state index is 12.8. The standard InChI is InChI=1S/C14H17F3O3/c1-3-9(7-13(18)19)11-8-10(14(15,16)17)5-6-12(11)20-4-2/h5-6,8-9H,3-4,7H2,1-2H3,(H,18,19). The van der Waals surface area contributed by atoms with E-state index in [0.717, 1.165) is 12.1 Å². The number of carboxylic acids is 1. The largest absolute Gasteiger partial charge is 0.494 e. The zero-order valence-electron chi connectivity index (χ0n) is 11.3. The van der Waals surface area contributed by atoms with Crippen LogP contribution >= 0.6 is 0 Å². The van der Waals surface area contributed by atoms with E-state index in [-0.39, 0.29) is 6.42 Å². The van der Waals surface area contributed by atoms with Gasteiger partial charge >= 0.3 is 12.1 Å². The van der Waals surface area contributed by atoms with Gasteiger partial charge in [0.2, 0.25) is 0 Å². The lowest BCUT2D eigenvalue weighted by Gasteiger charge is -2.19. The van der Waals surface area contributed by atoms with Crippen molar-refractivity contribution < 1.29 is 27.8 Å². The van der Waals surface area contributed by atoms with Crippen molar-refractivity contribution >= 4 is 5.97 Å². The third kappa shape index (κ3) is 4.15. The average Bonchev–Trinajstić information content (AvgIpc) is 2.35. The number of benzene rings is 1. The van der Waals surface area contributed by atoms with Gasteiger partial charge in [-0.2, -0.15) is 13.2 Å². The summed E-state index contributed by atoms with van der Waals surface area (Å²) >= 11 is 0. The second-order valence-corrected chi connectivity index (χ2v) is 4.39. The summed E-state index contributed by atoms with van der Waals surface area (Å²) in [6, 6.07) is 3.19. The van der Waals surface area contributed by atoms with Gasteiger partial charge in [0, 0.05) is 0 Å². The molecule has 3 nitrogen and oxygen atoms in total. The van der Waals surface area contributed by atoms with Gasteiger partial charge in [-0.3, -0.25) is 4.79 Å². The summed E-state index contributed by atoms with van der Waals surface area (Å²) in [6.45, 7) is 3.77. The molecule has 0 saturated carbocycles. The lowest BCUT2D eigenvalue weighted by Crippen LogP contribution is -2.11. The maximum absolute atomic E-state index is 12.8. The Morgan fingerprint density at radius 3 is 2.45 bits per heavy atom. The fourth-order valence-electron chi connectivity index (χ4n) is 2.02. The van der Waals surface area contributed by atoms with Crippen LogP contribution in [0.5, 0.6) is 5.75 Å². The summed E-state index contributed by atoms with van der Waals surface area (Å²) in [5.74, 6) is -1.23. The molecule has 0 aromatic heterocycles. The lowest BCUT2D eigenvalue weighted by atomic mass is 9.91. The van der Waals surface area contributed by atoms with E-state index in [0.29, 0.717) is 24.3 Å². The molecule has 0 heterocycles. The molecule has 0 aliphatic rings. The van der Waals surface area contributed by atoms with E-state index < -0.39 is 23.6 Å². The fraction of sp³-hybridized carbons (Fsp3) is 0.500. The second kappa shape index (κ2) is 6.63. The molecule has 0 aliphatic heterocycles. The quantitative estimate of drug-likeness (QED) is 0.859. The van der Waals surface area contributed by atoms with Crippen LogP contribution in [0.15, 0.2) is 18.2 Å². The molecule has 1 N–H and O–H groups in total. The van der Waals surface area contributed by atoms with Crippen LogP contribution in [-0.2, 0) is 11.0 Å². The first-order valence-electron chi connectivity index (χ1n) is 6.35. The minimum atomic E-state index is -4.46. The molecule has 20 heavy (non-hydrogen) atoms. The molecule has 1 rings (SSSR count). The Balaban J connectivity index is 3.26. The zero-order chi connectivity index (χ0) is 15.3. The van der Waals surface area contributed by atoms with Crippen molar-refractivity contribution in [2.75, 3.05) is 6.61 Å². The minimum Gasteiger partial charge on any atom is -0.494 e. The first-order chi connectivity index (χ1) is 9.29. The molecule has 1 atom stereocenters. The molecule has 0 amide bonds. The molecule has 0 spiro atoms. The number of carboxylic acid groups (broad SMARTS) is 1. The summed E-state index contributed by atoms with van der Waals surface area (Å²) in [6.07, 6.45) is -4.26. The Labute approximate surface area is 115 Å². The van der Waals surface area contributed by atoms with Crippen LogP contribution in [0.3, 0.4) is 0 Å². The molecule has 6 heteroatoms. The van der Waals surface area contributed by atoms with Gasteiger partial charge in [0.05, 0.1) is 18.6 Å². The molecule has 1 unspecified atom stereocenters. The normalized spacial score (nSPS) is 13.1. The van der Waals surface area contributed by atoms with Crippen molar-refractivity contribution in [1.82, 2.24) is 0 Å². The van der Waals surface area contributed by atoms with Gasteiger partial charge in [0.25, 0.3) is 0 Å². The smallest absolute Gasteiger partial charge is 0.416 e. The summed E-state index contributed by atoms with van der Waals surface area (Å²) in [7, 11) is 0. The SMILES string of the molecule is CCOc1ccc(C(F)(F)F)cc1C(CC)CC(=O)O. The van der Waals surface area contributed by atoms with Crippen LogP contribution in [-0.4, -0.2) is 17.7 Å². The first-order valence-corrected chi connectivity index (χ1v) is 6.35. The van der Waals surface area contributed by atoms with E-state index in [9.17, 15) is 18.0 Å². The highest BCUT2D eigenvalue weighted by Gasteiger charge is 2.32. The van der Waals surface area contributed by atoms with Gasteiger partial charge in [0.15, 0.2) is 0 Å². The summed E-state index contributed by atoms with van der Waals surface area (Å²) in [5.41, 5.74) is -0.494. The van der Waals surface area contributed by atoms with Gasteiger partial charge in [0.1, 0.15) is 5.75 Å². The number of alkyl halides is 3. The van der Waals surface area contributed by atoms with Crippen molar-refractivity contribution in [1.29, 1.82) is 0 Å². The van der Waals surface area contributed by atoms with E-state index >= 15 is 0 Å². The Morgan fingerprint density at radius 2 is 2.00 bits per heavy atom. The Hall–Kier alpha value is -1.72. The van der Waals surface area contributed by atoms with Crippen LogP contribution in [0.25, 0.3) is 0 Å². The van der Waals surface area contributed by atoms with Crippen molar-refractivity contribution in [2.45, 2.75) is 38.8 Å². The first kappa shape index (κ1) is 16.3. The maximum Gasteiger partial charge on any atom is 0.416 e. The molecular formula is C14H17F3O3. The van der Waals surface area contributed by atoms with Crippen molar-refractivity contribution in [2.24, 2.45) is 0 Å². The number of halogens is 3. The molecule has 0 aliphatic carbocycles. The predicted octanol–water partition coefficient (Wildman–Crippen LogP) is 4.07. The van der Waals surface area contributed by atoms with Crippen LogP contribution in [0.1, 0.15) is 43.7 Å². The van der Waals surface area contributed by atoms with Crippen molar-refractivity contribution in [3.63, 3.8) is 0 Å². The number of hydrogen-bond donors (Lipinski definition) is 1. The topological polar surface area (TPSA) is 46.5 Å². The third-order valence-corrected chi connectivity index (χ3v) is 2.99. The fourth-order valence-corrected chi connectivity index (χ4v) is 2.02. The summed E-state index contributed by atoms with van der Waals surface area (Å²) in [4.78, 5) is 10.8. The Kier molecular flexibility index (Phi) is 5.42. The molecule has 0 bridgehead atoms. The van der Waals surface area contributed by atoms with E-state index in [1.807, 2.05) is 0 Å². The zero-order valence-corrected chi connectivity index (χ0v) is 11.3. The van der Waals surface area contributed by atoms with Gasteiger partial charge < -0.3 is 9.84 Å². The van der Waals surface area contributed by atoms with Crippen LogP contribution in [0, 0.1) is 0 Å². The van der Waals surface area contributed by atoms with Crippen LogP contribution < -0.4 is 4.74 Å². The van der Waals surface area contributed by atoms with E-state index in [2.05, 4.69) is 0 Å². The summed E-state index contributed by atoms with van der Waals surface area (Å²) < 4.78 is 43.6. The van der Waals surface area contributed by atoms with Gasteiger partial charge in [-0.15, -0.1) is 0 Å². The Morgan fingerprint density at radius 1 is 1.35 bits per heavy atom. The second-order valence-electron chi connectivity index (χ2n) is 4.39. The molecular weight excluding hydrogens is 273 g/mol. The highest BCUT2D eigenvalue weighted by atomic mass is 19.4. The number of carbonyl (C=O) groups is 1. The van der Waals surface area contributed by atoms with Gasteiger partial charge in [-0.1, -0.05) is 6.92 Å². The minimum absolute atomic E-state index is 0.224. The Bertz CT molecular complexity index is 469. The number of ether oxygens (including phenoxy) is 1. The highest BCUT2D eigenvalue weighted by molar-refractivity contribution is 5.68. The molecule has 112 valence electrons. The molecule has 1 aromatic carbocycles. The third-order valence-electron chi connectivity index (χ3n) is 2.99. The lowest BCUT2D eigenvalue weighted by molar-refractivity contribution is -0.138. The molecule has 0 saturated heterocycles. The molecule has 0 radical (unpaired) electrons. The van der Waals surface area contributed by atoms with Crippen molar-refractivity contribution in [3.8, 4) is 5.75 Å². The summed E-state index contributed by atoms with van der Waals surface area (Å²) in [5, 5.41) is 8.86. The molecule has 1 aromatic rings. The van der Waals surface area contributed by atoms with Crippen LogP contribution in [0.4, 0.5) is 13.2 Å². The van der Waals surface area contributed by atoms with Gasteiger partial charge in [-0.05, 0) is 43.0 Å². The number of aliphatic carboxylic acids is 1. The molecule has 0 fully saturated rings. The van der Waals surface area contributed by atoms with E-state index in [1.165, 1.54) is 6.07 Å².